The third kappa shape index (κ3) is 2.22. The van der Waals surface area contributed by atoms with Crippen LogP contribution in [0.5, 0.6) is 0 Å². The van der Waals surface area contributed by atoms with Gasteiger partial charge in [0.25, 0.3) is 0 Å². The van der Waals surface area contributed by atoms with E-state index in [4.69, 9.17) is 5.73 Å². The van der Waals surface area contributed by atoms with Gasteiger partial charge in [-0.3, -0.25) is 0 Å². The van der Waals surface area contributed by atoms with Gasteiger partial charge in [0.05, 0.1) is 0 Å². The van der Waals surface area contributed by atoms with Crippen molar-refractivity contribution in [2.45, 2.75) is 13.8 Å². The number of hydrogen-bond donors (Lipinski definition) is 1. The summed E-state index contributed by atoms with van der Waals surface area (Å²) in [6, 6.07) is 6.19. The van der Waals surface area contributed by atoms with Crippen LogP contribution < -0.4 is 5.73 Å². The second-order valence-corrected chi connectivity index (χ2v) is 3.16. The maximum atomic E-state index is 5.81. The van der Waals surface area contributed by atoms with E-state index < -0.39 is 0 Å². The Bertz CT molecular complexity index is 348. The van der Waals surface area contributed by atoms with Crippen LogP contribution in [0.25, 0.3) is 5.70 Å². The van der Waals surface area contributed by atoms with Crippen LogP contribution in [-0.4, -0.2) is 0 Å². The number of nitrogens with two attached hydrogens (primary N) is 1. The van der Waals surface area contributed by atoms with E-state index in [2.05, 4.69) is 32.6 Å². The molecule has 0 amide bonds. The monoisotopic (exact) mass is 173 g/mol. The van der Waals surface area contributed by atoms with Gasteiger partial charge >= 0.3 is 0 Å². The molecule has 0 aliphatic rings. The molecule has 1 heteroatoms. The number of aryl methyl sites for hydroxylation is 2. The largest absolute Gasteiger partial charge is 0.398 e. The van der Waals surface area contributed by atoms with Gasteiger partial charge in [0, 0.05) is 5.70 Å². The van der Waals surface area contributed by atoms with Crippen LogP contribution in [0.4, 0.5) is 0 Å². The van der Waals surface area contributed by atoms with Gasteiger partial charge in [0.2, 0.25) is 0 Å². The van der Waals surface area contributed by atoms with E-state index in [1.807, 2.05) is 12.1 Å². The summed E-state index contributed by atoms with van der Waals surface area (Å²) in [5.41, 5.74) is 10.2. The molecule has 0 saturated heterocycles. The fraction of sp³-hybridized carbons (Fsp3) is 0.167. The number of allylic oxidation sites excluding steroid dienone is 2. The van der Waals surface area contributed by atoms with E-state index in [1.54, 1.807) is 6.08 Å². The number of rotatable bonds is 2. The molecule has 0 atom stereocenters. The van der Waals surface area contributed by atoms with Gasteiger partial charge in [-0.25, -0.2) is 0 Å². The predicted molar refractivity (Wildman–Crippen MR) is 58.3 cm³/mol. The molecule has 1 rings (SSSR count). The van der Waals surface area contributed by atoms with Gasteiger partial charge in [-0.1, -0.05) is 24.8 Å². The zero-order chi connectivity index (χ0) is 9.84. The van der Waals surface area contributed by atoms with E-state index in [9.17, 15) is 0 Å². The van der Waals surface area contributed by atoms with E-state index in [1.165, 1.54) is 11.1 Å². The molecule has 1 aromatic rings. The molecule has 2 N–H and O–H groups in total. The third-order valence-corrected chi connectivity index (χ3v) is 2.14. The number of hydrogen-bond acceptors (Lipinski definition) is 1. The van der Waals surface area contributed by atoms with Crippen LogP contribution in [0, 0.1) is 13.8 Å². The second-order valence-electron chi connectivity index (χ2n) is 3.16. The predicted octanol–water partition coefficient (Wildman–Crippen LogP) is 2.79. The molecule has 0 bridgehead atoms. The molecule has 0 fully saturated rings. The van der Waals surface area contributed by atoms with Crippen molar-refractivity contribution >= 4 is 5.70 Å². The van der Waals surface area contributed by atoms with Gasteiger partial charge in [-0.2, -0.15) is 0 Å². The summed E-state index contributed by atoms with van der Waals surface area (Å²) in [5, 5.41) is 0. The molecule has 0 spiro atoms. The standard InChI is InChI=1S/C12H15N/c1-4-5-12(13)11-7-6-9(2)10(3)8-11/h4-8H,1,13H2,2-3H3/b12-5-. The highest BCUT2D eigenvalue weighted by molar-refractivity contribution is 5.64. The maximum Gasteiger partial charge on any atom is 0.0387 e. The molecule has 0 aromatic heterocycles. The first kappa shape index (κ1) is 9.59. The molecule has 0 radical (unpaired) electrons. The Morgan fingerprint density at radius 3 is 2.54 bits per heavy atom. The minimum absolute atomic E-state index is 0.762. The first-order valence-electron chi connectivity index (χ1n) is 4.31. The number of benzene rings is 1. The van der Waals surface area contributed by atoms with Crippen molar-refractivity contribution in [3.8, 4) is 0 Å². The molecule has 1 nitrogen and oxygen atoms in total. The fourth-order valence-corrected chi connectivity index (χ4v) is 1.14. The Morgan fingerprint density at radius 2 is 2.00 bits per heavy atom. The van der Waals surface area contributed by atoms with Crippen molar-refractivity contribution in [3.05, 3.63) is 53.6 Å². The van der Waals surface area contributed by atoms with Gasteiger partial charge in [0.15, 0.2) is 0 Å². The lowest BCUT2D eigenvalue weighted by molar-refractivity contribution is 1.32. The maximum absolute atomic E-state index is 5.81. The second kappa shape index (κ2) is 3.94. The molecule has 0 aliphatic heterocycles. The summed E-state index contributed by atoms with van der Waals surface area (Å²) < 4.78 is 0. The summed E-state index contributed by atoms with van der Waals surface area (Å²) in [7, 11) is 0. The lowest BCUT2D eigenvalue weighted by Gasteiger charge is -2.04. The molecule has 1 aromatic carbocycles. The third-order valence-electron chi connectivity index (χ3n) is 2.14. The van der Waals surface area contributed by atoms with Gasteiger partial charge in [-0.15, -0.1) is 0 Å². The van der Waals surface area contributed by atoms with Gasteiger partial charge in [-0.05, 0) is 42.7 Å². The Kier molecular flexibility index (Phi) is 2.91. The molecule has 0 heterocycles. The van der Waals surface area contributed by atoms with Crippen molar-refractivity contribution in [1.82, 2.24) is 0 Å². The van der Waals surface area contributed by atoms with Crippen LogP contribution >= 0.6 is 0 Å². The fourth-order valence-electron chi connectivity index (χ4n) is 1.14. The van der Waals surface area contributed by atoms with Crippen LogP contribution in [-0.2, 0) is 0 Å². The van der Waals surface area contributed by atoms with Crippen molar-refractivity contribution in [2.75, 3.05) is 0 Å². The highest BCUT2D eigenvalue weighted by Crippen LogP contribution is 2.14. The first-order chi connectivity index (χ1) is 6.15. The molecule has 0 unspecified atom stereocenters. The van der Waals surface area contributed by atoms with Crippen LogP contribution in [0.15, 0.2) is 36.9 Å². The molecular weight excluding hydrogens is 158 g/mol. The van der Waals surface area contributed by atoms with E-state index >= 15 is 0 Å². The summed E-state index contributed by atoms with van der Waals surface area (Å²) in [6.07, 6.45) is 3.51. The van der Waals surface area contributed by atoms with E-state index in [0.717, 1.165) is 11.3 Å². The summed E-state index contributed by atoms with van der Waals surface area (Å²) >= 11 is 0. The summed E-state index contributed by atoms with van der Waals surface area (Å²) in [6.45, 7) is 7.78. The highest BCUT2D eigenvalue weighted by Gasteiger charge is 1.97. The quantitative estimate of drug-likeness (QED) is 0.684. The zero-order valence-corrected chi connectivity index (χ0v) is 8.17. The van der Waals surface area contributed by atoms with Gasteiger partial charge in [0.1, 0.15) is 0 Å². The lowest BCUT2D eigenvalue weighted by Crippen LogP contribution is -1.96. The van der Waals surface area contributed by atoms with E-state index in [0.29, 0.717) is 0 Å². The first-order valence-corrected chi connectivity index (χ1v) is 4.31. The summed E-state index contributed by atoms with van der Waals surface area (Å²) in [4.78, 5) is 0. The van der Waals surface area contributed by atoms with Crippen molar-refractivity contribution in [2.24, 2.45) is 5.73 Å². The molecular formula is C12H15N. The zero-order valence-electron chi connectivity index (χ0n) is 8.17. The normalized spacial score (nSPS) is 11.4. The Balaban J connectivity index is 3.10. The van der Waals surface area contributed by atoms with E-state index in [-0.39, 0.29) is 0 Å². The Morgan fingerprint density at radius 1 is 1.31 bits per heavy atom. The molecule has 0 saturated carbocycles. The van der Waals surface area contributed by atoms with Crippen molar-refractivity contribution in [3.63, 3.8) is 0 Å². The smallest absolute Gasteiger partial charge is 0.0387 e. The average molecular weight is 173 g/mol. The topological polar surface area (TPSA) is 26.0 Å². The van der Waals surface area contributed by atoms with Crippen LogP contribution in [0.1, 0.15) is 16.7 Å². The minimum atomic E-state index is 0.762. The Labute approximate surface area is 79.6 Å². The SMILES string of the molecule is C=C/C=C(\N)c1ccc(C)c(C)c1. The highest BCUT2D eigenvalue weighted by atomic mass is 14.6. The van der Waals surface area contributed by atoms with Crippen LogP contribution in [0.2, 0.25) is 0 Å². The Hall–Kier alpha value is -1.50. The van der Waals surface area contributed by atoms with Gasteiger partial charge < -0.3 is 5.73 Å². The van der Waals surface area contributed by atoms with Crippen molar-refractivity contribution in [1.29, 1.82) is 0 Å². The average Bonchev–Trinajstić information content (AvgIpc) is 2.10. The molecule has 0 aliphatic carbocycles. The van der Waals surface area contributed by atoms with Crippen molar-refractivity contribution < 1.29 is 0 Å². The summed E-state index contributed by atoms with van der Waals surface area (Å²) in [5.74, 6) is 0. The molecule has 68 valence electrons. The lowest BCUT2D eigenvalue weighted by atomic mass is 10.0. The minimum Gasteiger partial charge on any atom is -0.398 e. The molecule has 13 heavy (non-hydrogen) atoms. The van der Waals surface area contributed by atoms with Crippen LogP contribution in [0.3, 0.4) is 0 Å².